The minimum Gasteiger partial charge on any atom is -0.329 e. The van der Waals surface area contributed by atoms with Crippen LogP contribution in [0.1, 0.15) is 43.0 Å². The highest BCUT2D eigenvalue weighted by atomic mass is 35.5. The summed E-state index contributed by atoms with van der Waals surface area (Å²) in [6.07, 6.45) is 3.26. The van der Waals surface area contributed by atoms with Crippen LogP contribution in [-0.4, -0.2) is 38.7 Å². The first-order valence-corrected chi connectivity index (χ1v) is 9.18. The fraction of sp³-hybridized carbons (Fsp3) is 0.526. The lowest BCUT2D eigenvalue weighted by molar-refractivity contribution is -0.137. The lowest BCUT2D eigenvalue weighted by Crippen LogP contribution is -2.42. The Kier molecular flexibility index (Phi) is 5.94. The quantitative estimate of drug-likeness (QED) is 0.890. The van der Waals surface area contributed by atoms with Crippen molar-refractivity contribution in [1.29, 1.82) is 0 Å². The van der Waals surface area contributed by atoms with Gasteiger partial charge in [0.25, 0.3) is 0 Å². The summed E-state index contributed by atoms with van der Waals surface area (Å²) in [5.74, 6) is 2.68. The second kappa shape index (κ2) is 8.18. The van der Waals surface area contributed by atoms with Gasteiger partial charge in [0.05, 0.1) is 6.54 Å². The van der Waals surface area contributed by atoms with Crippen LogP contribution in [0.15, 0.2) is 30.3 Å². The van der Waals surface area contributed by atoms with E-state index in [1.807, 2.05) is 30.0 Å². The van der Waals surface area contributed by atoms with E-state index in [1.54, 1.807) is 0 Å². The third-order valence-electron chi connectivity index (χ3n) is 5.37. The molecule has 0 spiro atoms. The predicted octanol–water partition coefficient (Wildman–Crippen LogP) is 2.35. The van der Waals surface area contributed by atoms with Gasteiger partial charge in [0.2, 0.25) is 5.91 Å². The van der Waals surface area contributed by atoms with E-state index in [0.29, 0.717) is 19.0 Å². The lowest BCUT2D eigenvalue weighted by atomic mass is 9.94. The molecule has 4 rings (SSSR count). The molecule has 2 aliphatic heterocycles. The standard InChI is InChI=1S/C19H25N5O.ClH/c1-14-19(25)23(12-16-5-3-2-4-6-16)13-18-22-21-17(24(14)18)11-15-7-9-20-10-8-15;/h2-6,14-15,20H,7-13H2,1H3;1H/t14-;/m1./s1. The van der Waals surface area contributed by atoms with E-state index in [4.69, 9.17) is 0 Å². The number of aromatic nitrogens is 3. The topological polar surface area (TPSA) is 63.1 Å². The van der Waals surface area contributed by atoms with Gasteiger partial charge in [-0.15, -0.1) is 22.6 Å². The van der Waals surface area contributed by atoms with Crippen molar-refractivity contribution in [2.75, 3.05) is 13.1 Å². The van der Waals surface area contributed by atoms with Crippen molar-refractivity contribution in [2.45, 2.75) is 45.3 Å². The fourth-order valence-corrected chi connectivity index (χ4v) is 3.96. The van der Waals surface area contributed by atoms with Crippen molar-refractivity contribution in [3.63, 3.8) is 0 Å². The molecule has 1 aromatic carbocycles. The molecule has 3 heterocycles. The number of carbonyl (C=O) groups is 1. The first kappa shape index (κ1) is 18.9. The smallest absolute Gasteiger partial charge is 0.246 e. The second-order valence-corrected chi connectivity index (χ2v) is 7.16. The van der Waals surface area contributed by atoms with Gasteiger partial charge in [-0.25, -0.2) is 0 Å². The van der Waals surface area contributed by atoms with Gasteiger partial charge in [-0.3, -0.25) is 4.79 Å². The maximum Gasteiger partial charge on any atom is 0.246 e. The zero-order valence-corrected chi connectivity index (χ0v) is 15.9. The molecule has 1 N–H and O–H groups in total. The van der Waals surface area contributed by atoms with E-state index in [1.165, 1.54) is 12.8 Å². The Hall–Kier alpha value is -1.92. The molecule has 26 heavy (non-hydrogen) atoms. The highest BCUT2D eigenvalue weighted by Gasteiger charge is 2.33. The van der Waals surface area contributed by atoms with E-state index in [-0.39, 0.29) is 24.4 Å². The van der Waals surface area contributed by atoms with E-state index < -0.39 is 0 Å². The molecule has 2 aliphatic rings. The monoisotopic (exact) mass is 375 g/mol. The number of benzene rings is 1. The van der Waals surface area contributed by atoms with E-state index in [0.717, 1.165) is 36.7 Å². The zero-order valence-electron chi connectivity index (χ0n) is 15.1. The maximum absolute atomic E-state index is 12.9. The van der Waals surface area contributed by atoms with Crippen molar-refractivity contribution in [2.24, 2.45) is 5.92 Å². The molecule has 1 fully saturated rings. The molecule has 0 radical (unpaired) electrons. The molecule has 0 bridgehead atoms. The highest BCUT2D eigenvalue weighted by molar-refractivity contribution is 5.85. The number of fused-ring (bicyclic) bond motifs is 1. The number of amides is 1. The normalized spacial score (nSPS) is 20.6. The number of carbonyl (C=O) groups excluding carboxylic acids is 1. The average Bonchev–Trinajstić information content (AvgIpc) is 3.04. The van der Waals surface area contributed by atoms with Gasteiger partial charge in [0.1, 0.15) is 11.9 Å². The summed E-state index contributed by atoms with van der Waals surface area (Å²) in [7, 11) is 0. The summed E-state index contributed by atoms with van der Waals surface area (Å²) in [5.41, 5.74) is 1.14. The molecule has 7 heteroatoms. The first-order chi connectivity index (χ1) is 12.2. The highest BCUT2D eigenvalue weighted by Crippen LogP contribution is 2.26. The summed E-state index contributed by atoms with van der Waals surface area (Å²) in [4.78, 5) is 14.8. The molecule has 1 atom stereocenters. The van der Waals surface area contributed by atoms with Crippen molar-refractivity contribution in [3.8, 4) is 0 Å². The summed E-state index contributed by atoms with van der Waals surface area (Å²) in [6, 6.07) is 9.90. The van der Waals surface area contributed by atoms with Crippen LogP contribution in [0.2, 0.25) is 0 Å². The Balaban J connectivity index is 0.00000196. The molecule has 1 aromatic heterocycles. The van der Waals surface area contributed by atoms with Gasteiger partial charge in [-0.05, 0) is 44.3 Å². The second-order valence-electron chi connectivity index (χ2n) is 7.16. The van der Waals surface area contributed by atoms with Crippen molar-refractivity contribution < 1.29 is 4.79 Å². The minimum absolute atomic E-state index is 0. The molecule has 0 unspecified atom stereocenters. The Morgan fingerprint density at radius 3 is 2.62 bits per heavy atom. The van der Waals surface area contributed by atoms with Crippen LogP contribution in [-0.2, 0) is 24.3 Å². The number of halogens is 1. The molecular formula is C19H26ClN5O. The molecule has 1 saturated heterocycles. The van der Waals surface area contributed by atoms with E-state index in [9.17, 15) is 4.79 Å². The SMILES string of the molecule is C[C@@H]1C(=O)N(Cc2ccccc2)Cc2nnc(CC3CCNCC3)n21.Cl. The molecule has 0 aliphatic carbocycles. The van der Waals surface area contributed by atoms with Gasteiger partial charge in [0, 0.05) is 13.0 Å². The van der Waals surface area contributed by atoms with Crippen LogP contribution in [0.25, 0.3) is 0 Å². The van der Waals surface area contributed by atoms with Gasteiger partial charge in [-0.1, -0.05) is 30.3 Å². The Morgan fingerprint density at radius 1 is 1.15 bits per heavy atom. The average molecular weight is 376 g/mol. The van der Waals surface area contributed by atoms with Gasteiger partial charge >= 0.3 is 0 Å². The molecular weight excluding hydrogens is 350 g/mol. The first-order valence-electron chi connectivity index (χ1n) is 9.18. The van der Waals surface area contributed by atoms with Crippen LogP contribution in [0.4, 0.5) is 0 Å². The van der Waals surface area contributed by atoms with Crippen molar-refractivity contribution in [3.05, 3.63) is 47.5 Å². The minimum atomic E-state index is -0.223. The largest absolute Gasteiger partial charge is 0.329 e. The predicted molar refractivity (Wildman–Crippen MR) is 102 cm³/mol. The van der Waals surface area contributed by atoms with Crippen LogP contribution in [0, 0.1) is 5.92 Å². The number of nitrogens with zero attached hydrogens (tertiary/aromatic N) is 4. The Morgan fingerprint density at radius 2 is 1.88 bits per heavy atom. The number of hydrogen-bond donors (Lipinski definition) is 1. The number of rotatable bonds is 4. The zero-order chi connectivity index (χ0) is 17.2. The number of nitrogens with one attached hydrogen (secondary N) is 1. The fourth-order valence-electron chi connectivity index (χ4n) is 3.96. The van der Waals surface area contributed by atoms with Crippen LogP contribution >= 0.6 is 12.4 Å². The summed E-state index contributed by atoms with van der Waals surface area (Å²) in [6.45, 7) is 5.28. The molecule has 1 amide bonds. The van der Waals surface area contributed by atoms with Crippen molar-refractivity contribution >= 4 is 18.3 Å². The maximum atomic E-state index is 12.9. The van der Waals surface area contributed by atoms with Gasteiger partial charge < -0.3 is 14.8 Å². The van der Waals surface area contributed by atoms with Crippen LogP contribution in [0.5, 0.6) is 0 Å². The Bertz CT molecular complexity index is 742. The summed E-state index contributed by atoms with van der Waals surface area (Å²) in [5, 5.41) is 12.2. The third kappa shape index (κ3) is 3.76. The van der Waals surface area contributed by atoms with Gasteiger partial charge in [0.15, 0.2) is 5.82 Å². The van der Waals surface area contributed by atoms with Gasteiger partial charge in [-0.2, -0.15) is 0 Å². The molecule has 0 saturated carbocycles. The summed E-state index contributed by atoms with van der Waals surface area (Å²) >= 11 is 0. The Labute approximate surface area is 160 Å². The van der Waals surface area contributed by atoms with E-state index in [2.05, 4.69) is 32.2 Å². The molecule has 2 aromatic rings. The third-order valence-corrected chi connectivity index (χ3v) is 5.37. The van der Waals surface area contributed by atoms with Crippen LogP contribution in [0.3, 0.4) is 0 Å². The summed E-state index contributed by atoms with van der Waals surface area (Å²) < 4.78 is 2.08. The number of hydrogen-bond acceptors (Lipinski definition) is 4. The molecule has 140 valence electrons. The lowest BCUT2D eigenvalue weighted by Gasteiger charge is -2.32. The van der Waals surface area contributed by atoms with E-state index >= 15 is 0 Å². The number of piperidine rings is 1. The molecule has 6 nitrogen and oxygen atoms in total. The van der Waals surface area contributed by atoms with Crippen LogP contribution < -0.4 is 5.32 Å². The van der Waals surface area contributed by atoms with Crippen molar-refractivity contribution in [1.82, 2.24) is 25.0 Å².